The highest BCUT2D eigenvalue weighted by atomic mass is 19.1. The monoisotopic (exact) mass is 441 g/mol. The van der Waals surface area contributed by atoms with Crippen molar-refractivity contribution in [3.05, 3.63) is 75.7 Å². The molecule has 2 aliphatic rings. The normalized spacial score (nSPS) is 18.9. The summed E-state index contributed by atoms with van der Waals surface area (Å²) in [5.74, 6) is -0.577. The Balaban J connectivity index is 1.71. The third kappa shape index (κ3) is 3.36. The van der Waals surface area contributed by atoms with E-state index in [9.17, 15) is 24.8 Å². The molecule has 1 aromatic heterocycles. The number of nitrogens with zero attached hydrogens (tertiary/aromatic N) is 5. The van der Waals surface area contributed by atoms with Crippen molar-refractivity contribution in [3.8, 4) is 23.4 Å². The van der Waals surface area contributed by atoms with Crippen LogP contribution in [0, 0.1) is 28.5 Å². The molecule has 7 nitrogen and oxygen atoms in total. The Kier molecular flexibility index (Phi) is 4.96. The maximum atomic E-state index is 14.3. The van der Waals surface area contributed by atoms with Crippen LogP contribution in [0.25, 0.3) is 11.3 Å². The number of halogens is 1. The van der Waals surface area contributed by atoms with Crippen molar-refractivity contribution in [3.63, 3.8) is 0 Å². The Morgan fingerprint density at radius 3 is 2.76 bits per heavy atom. The Morgan fingerprint density at radius 2 is 2.03 bits per heavy atom. The van der Waals surface area contributed by atoms with Gasteiger partial charge in [0, 0.05) is 49.7 Å². The number of aromatic nitrogens is 2. The van der Waals surface area contributed by atoms with E-state index in [4.69, 9.17) is 5.10 Å². The van der Waals surface area contributed by atoms with Gasteiger partial charge in [-0.05, 0) is 35.4 Å². The van der Waals surface area contributed by atoms with Crippen LogP contribution in [0.2, 0.25) is 0 Å². The predicted octanol–water partition coefficient (Wildman–Crippen LogP) is 2.84. The van der Waals surface area contributed by atoms with Crippen LogP contribution in [0.5, 0.6) is 0 Å². The minimum Gasteiger partial charge on any atom is -0.390 e. The van der Waals surface area contributed by atoms with Gasteiger partial charge in [0.1, 0.15) is 11.9 Å². The molecule has 0 fully saturated rings. The highest BCUT2D eigenvalue weighted by molar-refractivity contribution is 5.75. The summed E-state index contributed by atoms with van der Waals surface area (Å²) in [5, 5.41) is 34.6. The average Bonchev–Trinajstić information content (AvgIpc) is 3.34. The van der Waals surface area contributed by atoms with Crippen molar-refractivity contribution in [2.75, 3.05) is 6.54 Å². The van der Waals surface area contributed by atoms with Gasteiger partial charge in [0.15, 0.2) is 0 Å². The van der Waals surface area contributed by atoms with Crippen molar-refractivity contribution >= 4 is 5.91 Å². The van der Waals surface area contributed by atoms with Gasteiger partial charge in [-0.25, -0.2) is 4.39 Å². The third-order valence-corrected chi connectivity index (χ3v) is 6.53. The molecule has 0 radical (unpaired) electrons. The number of carbonyl (C=O) groups is 1. The molecule has 0 bridgehead atoms. The molecule has 2 atom stereocenters. The van der Waals surface area contributed by atoms with E-state index >= 15 is 0 Å². The number of hydrogen-bond donors (Lipinski definition) is 1. The fourth-order valence-electron chi connectivity index (χ4n) is 4.98. The summed E-state index contributed by atoms with van der Waals surface area (Å²) in [6.07, 6.45) is -0.114. The maximum absolute atomic E-state index is 14.3. The van der Waals surface area contributed by atoms with Gasteiger partial charge in [0.05, 0.1) is 35.1 Å². The molecule has 0 unspecified atom stereocenters. The van der Waals surface area contributed by atoms with E-state index in [1.807, 2.05) is 12.1 Å². The molecular formula is C25H20FN5O2. The first-order chi connectivity index (χ1) is 15.9. The lowest BCUT2D eigenvalue weighted by Crippen LogP contribution is -2.35. The zero-order valence-corrected chi connectivity index (χ0v) is 17.9. The molecule has 0 saturated heterocycles. The van der Waals surface area contributed by atoms with Crippen molar-refractivity contribution in [2.45, 2.75) is 38.5 Å². The summed E-state index contributed by atoms with van der Waals surface area (Å²) in [6.45, 7) is 2.39. The van der Waals surface area contributed by atoms with Crippen LogP contribution >= 0.6 is 0 Å². The van der Waals surface area contributed by atoms with Crippen LogP contribution < -0.4 is 0 Å². The molecule has 1 N–H and O–H groups in total. The smallest absolute Gasteiger partial charge is 0.219 e. The summed E-state index contributed by atoms with van der Waals surface area (Å²) in [6, 6.07) is 13.2. The fourth-order valence-corrected chi connectivity index (χ4v) is 4.98. The van der Waals surface area contributed by atoms with E-state index in [0.29, 0.717) is 41.9 Å². The summed E-state index contributed by atoms with van der Waals surface area (Å²) in [5.41, 5.74) is 4.98. The van der Waals surface area contributed by atoms with Gasteiger partial charge in [0.25, 0.3) is 0 Å². The molecular weight excluding hydrogens is 421 g/mol. The van der Waals surface area contributed by atoms with Gasteiger partial charge in [-0.15, -0.1) is 0 Å². The van der Waals surface area contributed by atoms with E-state index < -0.39 is 18.0 Å². The first-order valence-electron chi connectivity index (χ1n) is 10.7. The average molecular weight is 441 g/mol. The highest BCUT2D eigenvalue weighted by Crippen LogP contribution is 2.40. The van der Waals surface area contributed by atoms with Crippen molar-refractivity contribution < 1.29 is 14.3 Å². The number of benzene rings is 2. The number of nitriles is 2. The number of fused-ring (bicyclic) bond motifs is 2. The SMILES string of the molecule is CC(=O)N1CCc2c(c(-c3cccc(C#N)c3)nn2[C@@H]2c3cc(F)cc(C#N)c3C[C@H]2O)C1. The molecule has 164 valence electrons. The van der Waals surface area contributed by atoms with Crippen molar-refractivity contribution in [1.29, 1.82) is 10.5 Å². The van der Waals surface area contributed by atoms with Crippen LogP contribution in [0.15, 0.2) is 36.4 Å². The van der Waals surface area contributed by atoms with E-state index in [-0.39, 0.29) is 17.9 Å². The zero-order chi connectivity index (χ0) is 23.3. The molecule has 1 aliphatic carbocycles. The summed E-state index contributed by atoms with van der Waals surface area (Å²) in [7, 11) is 0. The van der Waals surface area contributed by atoms with Gasteiger partial charge < -0.3 is 10.0 Å². The fraction of sp³-hybridized carbons (Fsp3) is 0.280. The molecule has 5 rings (SSSR count). The Bertz CT molecular complexity index is 1380. The minimum absolute atomic E-state index is 0.0443. The lowest BCUT2D eigenvalue weighted by Gasteiger charge is -2.28. The van der Waals surface area contributed by atoms with Crippen LogP contribution in [0.3, 0.4) is 0 Å². The zero-order valence-electron chi connectivity index (χ0n) is 17.9. The number of aliphatic hydroxyl groups excluding tert-OH is 1. The van der Waals surface area contributed by atoms with Crippen LogP contribution in [-0.4, -0.2) is 38.3 Å². The van der Waals surface area contributed by atoms with Gasteiger partial charge in [0.2, 0.25) is 5.91 Å². The standard InChI is InChI=1S/C25H20FN5O2/c1-14(32)30-6-5-22-21(13-30)24(16-4-2-3-15(7-16)11-27)29-31(22)25-20-9-18(26)8-17(12-28)19(20)10-23(25)33/h2-4,7-9,23,25,33H,5-6,10,13H2,1H3/t23-,25-/m1/s1. The number of rotatable bonds is 2. The molecule has 8 heteroatoms. The van der Waals surface area contributed by atoms with Gasteiger partial charge in [-0.3, -0.25) is 9.48 Å². The van der Waals surface area contributed by atoms with Gasteiger partial charge in [-0.2, -0.15) is 15.6 Å². The first kappa shape index (κ1) is 20.9. The number of amides is 1. The van der Waals surface area contributed by atoms with Crippen molar-refractivity contribution in [1.82, 2.24) is 14.7 Å². The van der Waals surface area contributed by atoms with Gasteiger partial charge in [-0.1, -0.05) is 12.1 Å². The largest absolute Gasteiger partial charge is 0.390 e. The summed E-state index contributed by atoms with van der Waals surface area (Å²) >= 11 is 0. The second kappa shape index (κ2) is 7.84. The molecule has 2 heterocycles. The lowest BCUT2D eigenvalue weighted by molar-refractivity contribution is -0.129. The lowest BCUT2D eigenvalue weighted by atomic mass is 9.99. The van der Waals surface area contributed by atoms with Crippen LogP contribution in [0.4, 0.5) is 4.39 Å². The maximum Gasteiger partial charge on any atom is 0.219 e. The Labute approximate surface area is 189 Å². The minimum atomic E-state index is -0.873. The topological polar surface area (TPSA) is 106 Å². The Morgan fingerprint density at radius 1 is 1.21 bits per heavy atom. The Hall–Kier alpha value is -4.01. The molecule has 0 spiro atoms. The summed E-state index contributed by atoms with van der Waals surface area (Å²) < 4.78 is 16.1. The molecule has 33 heavy (non-hydrogen) atoms. The van der Waals surface area contributed by atoms with E-state index in [0.717, 1.165) is 16.8 Å². The first-order valence-corrected chi connectivity index (χ1v) is 10.7. The molecule has 2 aromatic carbocycles. The number of aliphatic hydroxyl groups is 1. The molecule has 3 aromatic rings. The van der Waals surface area contributed by atoms with Crippen LogP contribution in [0.1, 0.15) is 46.5 Å². The molecule has 1 aliphatic heterocycles. The highest BCUT2D eigenvalue weighted by Gasteiger charge is 2.39. The number of hydrogen-bond acceptors (Lipinski definition) is 5. The number of carbonyl (C=O) groups excluding carboxylic acids is 1. The predicted molar refractivity (Wildman–Crippen MR) is 116 cm³/mol. The van der Waals surface area contributed by atoms with E-state index in [1.54, 1.807) is 27.8 Å². The quantitative estimate of drug-likeness (QED) is 0.658. The van der Waals surface area contributed by atoms with E-state index in [1.165, 1.54) is 19.1 Å². The van der Waals surface area contributed by atoms with E-state index in [2.05, 4.69) is 6.07 Å². The van der Waals surface area contributed by atoms with Gasteiger partial charge >= 0.3 is 0 Å². The summed E-state index contributed by atoms with van der Waals surface area (Å²) in [4.78, 5) is 13.8. The van der Waals surface area contributed by atoms with Crippen molar-refractivity contribution in [2.24, 2.45) is 0 Å². The molecule has 0 saturated carbocycles. The third-order valence-electron chi connectivity index (χ3n) is 6.53. The molecule has 1 amide bonds. The second-order valence-electron chi connectivity index (χ2n) is 8.45. The second-order valence-corrected chi connectivity index (χ2v) is 8.45. The van der Waals surface area contributed by atoms with Crippen LogP contribution in [-0.2, 0) is 24.2 Å².